The first-order valence-electron chi connectivity index (χ1n) is 9.11. The van der Waals surface area contributed by atoms with Crippen LogP contribution in [0.4, 0.5) is 0 Å². The Morgan fingerprint density at radius 2 is 1.79 bits per heavy atom. The molecule has 0 aromatic heterocycles. The van der Waals surface area contributed by atoms with Crippen molar-refractivity contribution in [2.24, 2.45) is 5.10 Å². The molecule has 1 heterocycles. The van der Waals surface area contributed by atoms with Crippen LogP contribution in [0.25, 0.3) is 0 Å². The molecule has 146 valence electrons. The molecule has 0 bridgehead atoms. The molecule has 28 heavy (non-hydrogen) atoms. The summed E-state index contributed by atoms with van der Waals surface area (Å²) in [7, 11) is 0. The summed E-state index contributed by atoms with van der Waals surface area (Å²) in [6.07, 6.45) is 1.53. The summed E-state index contributed by atoms with van der Waals surface area (Å²) in [6.45, 7) is 5.60. The van der Waals surface area contributed by atoms with Gasteiger partial charge in [-0.05, 0) is 47.5 Å². The molecule has 1 fully saturated rings. The van der Waals surface area contributed by atoms with Gasteiger partial charge in [0.05, 0.1) is 19.4 Å². The van der Waals surface area contributed by atoms with Crippen LogP contribution in [0, 0.1) is 0 Å². The molecule has 3 rings (SSSR count). The van der Waals surface area contributed by atoms with Gasteiger partial charge in [0.15, 0.2) is 0 Å². The number of hydrogen-bond acceptors (Lipinski definition) is 6. The summed E-state index contributed by atoms with van der Waals surface area (Å²) in [5.74, 6) is -0.179. The fourth-order valence-corrected chi connectivity index (χ4v) is 2.80. The van der Waals surface area contributed by atoms with Crippen molar-refractivity contribution in [3.63, 3.8) is 0 Å². The average Bonchev–Trinajstić information content (AvgIpc) is 2.70. The van der Waals surface area contributed by atoms with Crippen molar-refractivity contribution in [1.29, 1.82) is 0 Å². The zero-order valence-electron chi connectivity index (χ0n) is 15.8. The monoisotopic (exact) mass is 381 g/mol. The lowest BCUT2D eigenvalue weighted by Gasteiger charge is -2.26. The number of esters is 1. The van der Waals surface area contributed by atoms with Crippen molar-refractivity contribution < 1.29 is 19.1 Å². The molecule has 2 aromatic carbocycles. The summed E-state index contributed by atoms with van der Waals surface area (Å²) >= 11 is 0. The molecule has 7 nitrogen and oxygen atoms in total. The zero-order valence-corrected chi connectivity index (χ0v) is 15.8. The highest BCUT2D eigenvalue weighted by atomic mass is 16.5. The van der Waals surface area contributed by atoms with Gasteiger partial charge in [0.25, 0.3) is 5.91 Å². The largest absolute Gasteiger partial charge is 0.427 e. The molecular formula is C21H23N3O4. The van der Waals surface area contributed by atoms with E-state index in [4.69, 9.17) is 9.47 Å². The number of morpholine rings is 1. The maximum atomic E-state index is 12.2. The van der Waals surface area contributed by atoms with Crippen molar-refractivity contribution in [2.75, 3.05) is 26.3 Å². The van der Waals surface area contributed by atoms with E-state index in [1.807, 2.05) is 12.1 Å². The van der Waals surface area contributed by atoms with Gasteiger partial charge in [0.1, 0.15) is 5.75 Å². The van der Waals surface area contributed by atoms with Crippen molar-refractivity contribution in [3.05, 3.63) is 65.2 Å². The highest BCUT2D eigenvalue weighted by molar-refractivity contribution is 5.94. The lowest BCUT2D eigenvalue weighted by Crippen LogP contribution is -2.35. The number of benzene rings is 2. The molecule has 0 radical (unpaired) electrons. The van der Waals surface area contributed by atoms with Crippen LogP contribution >= 0.6 is 0 Å². The van der Waals surface area contributed by atoms with Gasteiger partial charge in [-0.2, -0.15) is 5.10 Å². The number of amides is 1. The lowest BCUT2D eigenvalue weighted by molar-refractivity contribution is -0.131. The van der Waals surface area contributed by atoms with Crippen LogP contribution in [0.2, 0.25) is 0 Å². The van der Waals surface area contributed by atoms with Gasteiger partial charge >= 0.3 is 5.97 Å². The van der Waals surface area contributed by atoms with Gasteiger partial charge in [-0.3, -0.25) is 14.5 Å². The van der Waals surface area contributed by atoms with Gasteiger partial charge in [-0.25, -0.2) is 5.43 Å². The highest BCUT2D eigenvalue weighted by Gasteiger charge is 2.11. The average molecular weight is 381 g/mol. The van der Waals surface area contributed by atoms with Gasteiger partial charge in [0, 0.05) is 32.1 Å². The van der Waals surface area contributed by atoms with Crippen LogP contribution in [-0.2, 0) is 16.1 Å². The molecule has 2 aromatic rings. The fraction of sp³-hybridized carbons (Fsp3) is 0.286. The molecule has 0 spiro atoms. The number of nitrogens with one attached hydrogen (secondary N) is 1. The smallest absolute Gasteiger partial charge is 0.308 e. The SMILES string of the molecule is CC(=O)Oc1ccc(/C=N\NC(=O)c2ccc(CN3CCOCC3)cc2)cc1. The van der Waals surface area contributed by atoms with E-state index in [1.54, 1.807) is 36.4 Å². The van der Waals surface area contributed by atoms with Gasteiger partial charge in [-0.15, -0.1) is 0 Å². The Labute approximate surface area is 163 Å². The van der Waals surface area contributed by atoms with Crippen molar-refractivity contribution in [1.82, 2.24) is 10.3 Å². The molecule has 1 N–H and O–H groups in total. The van der Waals surface area contributed by atoms with Crippen LogP contribution in [0.3, 0.4) is 0 Å². The van der Waals surface area contributed by atoms with Gasteiger partial charge < -0.3 is 9.47 Å². The van der Waals surface area contributed by atoms with E-state index in [2.05, 4.69) is 15.4 Å². The third-order valence-corrected chi connectivity index (χ3v) is 4.25. The molecule has 1 aliphatic rings. The molecule has 1 saturated heterocycles. The molecule has 0 aliphatic carbocycles. The van der Waals surface area contributed by atoms with E-state index < -0.39 is 0 Å². The number of hydrogen-bond donors (Lipinski definition) is 1. The Bertz CT molecular complexity index is 826. The fourth-order valence-electron chi connectivity index (χ4n) is 2.80. The minimum absolute atomic E-state index is 0.272. The predicted molar refractivity (Wildman–Crippen MR) is 105 cm³/mol. The number of carbonyl (C=O) groups excluding carboxylic acids is 2. The Balaban J connectivity index is 1.50. The second-order valence-corrected chi connectivity index (χ2v) is 6.45. The van der Waals surface area contributed by atoms with E-state index in [0.717, 1.165) is 44.0 Å². The second kappa shape index (κ2) is 9.77. The van der Waals surface area contributed by atoms with Crippen LogP contribution in [0.5, 0.6) is 5.75 Å². The van der Waals surface area contributed by atoms with Crippen molar-refractivity contribution >= 4 is 18.1 Å². The summed E-state index contributed by atoms with van der Waals surface area (Å²) in [4.78, 5) is 25.4. The molecule has 7 heteroatoms. The molecule has 0 saturated carbocycles. The number of ether oxygens (including phenoxy) is 2. The minimum atomic E-state index is -0.371. The maximum Gasteiger partial charge on any atom is 0.308 e. The molecule has 1 amide bonds. The summed E-state index contributed by atoms with van der Waals surface area (Å²) in [5, 5.41) is 3.97. The van der Waals surface area contributed by atoms with E-state index >= 15 is 0 Å². The Morgan fingerprint density at radius 3 is 2.43 bits per heavy atom. The van der Waals surface area contributed by atoms with Crippen LogP contribution < -0.4 is 10.2 Å². The zero-order chi connectivity index (χ0) is 19.8. The molecule has 1 aliphatic heterocycles. The lowest BCUT2D eigenvalue weighted by atomic mass is 10.1. The summed E-state index contributed by atoms with van der Waals surface area (Å²) < 4.78 is 10.3. The molecule has 0 unspecified atom stereocenters. The van der Waals surface area contributed by atoms with E-state index in [9.17, 15) is 9.59 Å². The number of nitrogens with zero attached hydrogens (tertiary/aromatic N) is 2. The van der Waals surface area contributed by atoms with E-state index in [1.165, 1.54) is 13.1 Å². The Kier molecular flexibility index (Phi) is 6.89. The predicted octanol–water partition coefficient (Wildman–Crippen LogP) is 2.21. The van der Waals surface area contributed by atoms with Crippen LogP contribution in [-0.4, -0.2) is 49.3 Å². The Morgan fingerprint density at radius 1 is 1.11 bits per heavy atom. The van der Waals surface area contributed by atoms with Gasteiger partial charge in [0.2, 0.25) is 0 Å². The Hall–Kier alpha value is -3.03. The minimum Gasteiger partial charge on any atom is -0.427 e. The normalized spacial score (nSPS) is 14.8. The van der Waals surface area contributed by atoms with Crippen molar-refractivity contribution in [2.45, 2.75) is 13.5 Å². The van der Waals surface area contributed by atoms with Crippen LogP contribution in [0.1, 0.15) is 28.4 Å². The first-order chi connectivity index (χ1) is 13.6. The topological polar surface area (TPSA) is 80.2 Å². The van der Waals surface area contributed by atoms with Crippen molar-refractivity contribution in [3.8, 4) is 5.75 Å². The first kappa shape index (κ1) is 19.7. The van der Waals surface area contributed by atoms with E-state index in [-0.39, 0.29) is 11.9 Å². The first-order valence-corrected chi connectivity index (χ1v) is 9.11. The number of hydrazone groups is 1. The highest BCUT2D eigenvalue weighted by Crippen LogP contribution is 2.11. The summed E-state index contributed by atoms with van der Waals surface area (Å²) in [5.41, 5.74) is 5.00. The standard InChI is InChI=1S/C21H23N3O4/c1-16(25)28-20-8-4-17(5-9-20)14-22-23-21(26)19-6-2-18(3-7-19)15-24-10-12-27-13-11-24/h2-9,14H,10-13,15H2,1H3,(H,23,26)/b22-14-. The van der Waals surface area contributed by atoms with Gasteiger partial charge in [-0.1, -0.05) is 12.1 Å². The quantitative estimate of drug-likeness (QED) is 0.359. The van der Waals surface area contributed by atoms with E-state index in [0.29, 0.717) is 11.3 Å². The molecular weight excluding hydrogens is 358 g/mol. The summed E-state index contributed by atoms with van der Waals surface area (Å²) in [6, 6.07) is 14.3. The molecule has 0 atom stereocenters. The van der Waals surface area contributed by atoms with Crippen LogP contribution in [0.15, 0.2) is 53.6 Å². The third kappa shape index (κ3) is 6.00. The third-order valence-electron chi connectivity index (χ3n) is 4.25. The number of carbonyl (C=O) groups is 2. The number of rotatable bonds is 6. The maximum absolute atomic E-state index is 12.2. The second-order valence-electron chi connectivity index (χ2n) is 6.45.